The first-order valence-corrected chi connectivity index (χ1v) is 7.44. The molecule has 0 atom stereocenters. The summed E-state index contributed by atoms with van der Waals surface area (Å²) >= 11 is 0. The van der Waals surface area contributed by atoms with Gasteiger partial charge in [-0.2, -0.15) is 10.4 Å². The lowest BCUT2D eigenvalue weighted by Crippen LogP contribution is -2.30. The van der Waals surface area contributed by atoms with Crippen LogP contribution in [0.4, 0.5) is 0 Å². The van der Waals surface area contributed by atoms with Gasteiger partial charge in [0.15, 0.2) is 5.82 Å². The Morgan fingerprint density at radius 1 is 1.18 bits per heavy atom. The van der Waals surface area contributed by atoms with Crippen LogP contribution < -0.4 is 5.56 Å². The first-order valence-electron chi connectivity index (χ1n) is 7.44. The first-order chi connectivity index (χ1) is 10.7. The molecule has 0 aliphatic carbocycles. The zero-order chi connectivity index (χ0) is 16.1. The third-order valence-corrected chi connectivity index (χ3v) is 3.47. The highest BCUT2D eigenvalue weighted by molar-refractivity contribution is 5.38. The van der Waals surface area contributed by atoms with E-state index in [9.17, 15) is 10.1 Å². The molecule has 0 radical (unpaired) electrons. The van der Waals surface area contributed by atoms with Crippen LogP contribution in [0.25, 0.3) is 0 Å². The van der Waals surface area contributed by atoms with E-state index in [1.807, 2.05) is 26.8 Å². The van der Waals surface area contributed by atoms with Crippen LogP contribution in [0.3, 0.4) is 0 Å². The maximum atomic E-state index is 12.4. The highest BCUT2D eigenvalue weighted by atomic mass is 16.1. The van der Waals surface area contributed by atoms with E-state index in [0.29, 0.717) is 25.2 Å². The van der Waals surface area contributed by atoms with Crippen LogP contribution in [0.1, 0.15) is 49.8 Å². The zero-order valence-electron chi connectivity index (χ0n) is 13.1. The van der Waals surface area contributed by atoms with Crippen LogP contribution in [0, 0.1) is 11.3 Å². The Morgan fingerprint density at radius 3 is 2.55 bits per heavy atom. The molecule has 8 heteroatoms. The van der Waals surface area contributed by atoms with Gasteiger partial charge in [-0.1, -0.05) is 20.8 Å². The third-order valence-electron chi connectivity index (χ3n) is 3.47. The Balaban J connectivity index is 2.50. The van der Waals surface area contributed by atoms with Gasteiger partial charge in [-0.25, -0.2) is 9.36 Å². The van der Waals surface area contributed by atoms with E-state index in [-0.39, 0.29) is 17.7 Å². The molecule has 22 heavy (non-hydrogen) atoms. The number of nitriles is 1. The standard InChI is InChI=1S/C14H19N7O/c1-4-7-20-13(16-18-19-20)9-21-14(22)11(8-15)10(5-2)12(6-3)17-21/h4-7,9H2,1-3H3. The molecule has 0 aliphatic heterocycles. The maximum Gasteiger partial charge on any atom is 0.285 e. The normalized spacial score (nSPS) is 10.6. The van der Waals surface area contributed by atoms with Gasteiger partial charge in [0.2, 0.25) is 0 Å². The third kappa shape index (κ3) is 2.88. The van der Waals surface area contributed by atoms with Crippen molar-refractivity contribution in [2.75, 3.05) is 0 Å². The molecule has 2 heterocycles. The van der Waals surface area contributed by atoms with E-state index >= 15 is 0 Å². The van der Waals surface area contributed by atoms with Crippen LogP contribution >= 0.6 is 0 Å². The predicted molar refractivity (Wildman–Crippen MR) is 79.2 cm³/mol. The topological polar surface area (TPSA) is 102 Å². The molecule has 0 N–H and O–H groups in total. The number of aryl methyl sites for hydroxylation is 2. The molecule has 0 amide bonds. The Bertz CT molecular complexity index is 754. The summed E-state index contributed by atoms with van der Waals surface area (Å²) in [5.74, 6) is 0.562. The average Bonchev–Trinajstić information content (AvgIpc) is 2.96. The second-order valence-electron chi connectivity index (χ2n) is 4.90. The lowest BCUT2D eigenvalue weighted by molar-refractivity contribution is 0.517. The largest absolute Gasteiger partial charge is 0.285 e. The van der Waals surface area contributed by atoms with Crippen molar-refractivity contribution in [2.45, 2.75) is 53.1 Å². The number of tetrazole rings is 1. The van der Waals surface area contributed by atoms with Crippen molar-refractivity contribution in [3.63, 3.8) is 0 Å². The van der Waals surface area contributed by atoms with E-state index in [1.54, 1.807) is 4.68 Å². The lowest BCUT2D eigenvalue weighted by atomic mass is 10.0. The Hall–Kier alpha value is -2.56. The van der Waals surface area contributed by atoms with Crippen LogP contribution in [-0.4, -0.2) is 30.0 Å². The summed E-state index contributed by atoms with van der Waals surface area (Å²) in [6.45, 7) is 6.74. The first kappa shape index (κ1) is 15.8. The summed E-state index contributed by atoms with van der Waals surface area (Å²) in [6, 6.07) is 2.02. The number of rotatable bonds is 6. The summed E-state index contributed by atoms with van der Waals surface area (Å²) in [5.41, 5.74) is 1.29. The van der Waals surface area contributed by atoms with Gasteiger partial charge < -0.3 is 0 Å². The van der Waals surface area contributed by atoms with Crippen LogP contribution in [0.5, 0.6) is 0 Å². The van der Waals surface area contributed by atoms with Crippen LogP contribution in [-0.2, 0) is 25.9 Å². The minimum Gasteiger partial charge on any atom is -0.266 e. The molecule has 2 aromatic heterocycles. The summed E-state index contributed by atoms with van der Waals surface area (Å²) in [6.07, 6.45) is 2.17. The summed E-state index contributed by atoms with van der Waals surface area (Å²) in [4.78, 5) is 12.4. The molecule has 0 bridgehead atoms. The van der Waals surface area contributed by atoms with E-state index < -0.39 is 0 Å². The molecule has 0 spiro atoms. The minimum absolute atomic E-state index is 0.164. The molecule has 8 nitrogen and oxygen atoms in total. The molecule has 0 saturated heterocycles. The number of hydrogen-bond donors (Lipinski definition) is 0. The molecular formula is C14H19N7O. The number of nitrogens with zero attached hydrogens (tertiary/aromatic N) is 7. The van der Waals surface area contributed by atoms with Crippen molar-refractivity contribution in [3.05, 3.63) is 33.0 Å². The van der Waals surface area contributed by atoms with E-state index in [4.69, 9.17) is 0 Å². The Kier molecular flexibility index (Phi) is 4.99. The van der Waals surface area contributed by atoms with Gasteiger partial charge in [0.05, 0.1) is 5.69 Å². The summed E-state index contributed by atoms with van der Waals surface area (Å²) in [7, 11) is 0. The van der Waals surface area contributed by atoms with E-state index in [1.165, 1.54) is 4.68 Å². The van der Waals surface area contributed by atoms with Crippen molar-refractivity contribution in [1.82, 2.24) is 30.0 Å². The fourth-order valence-corrected chi connectivity index (χ4v) is 2.40. The molecule has 0 aromatic carbocycles. The van der Waals surface area contributed by atoms with Crippen molar-refractivity contribution < 1.29 is 0 Å². The molecule has 2 aromatic rings. The van der Waals surface area contributed by atoms with E-state index in [0.717, 1.165) is 17.7 Å². The van der Waals surface area contributed by atoms with Gasteiger partial charge in [0, 0.05) is 6.54 Å². The molecule has 0 aliphatic rings. The number of hydrogen-bond acceptors (Lipinski definition) is 6. The van der Waals surface area contributed by atoms with Gasteiger partial charge in [-0.05, 0) is 35.3 Å². The number of aromatic nitrogens is 6. The van der Waals surface area contributed by atoms with Crippen molar-refractivity contribution in [3.8, 4) is 6.07 Å². The molecular weight excluding hydrogens is 282 g/mol. The Labute approximate surface area is 128 Å². The molecule has 2 rings (SSSR count). The predicted octanol–water partition coefficient (Wildman–Crippen LogP) is 0.685. The molecule has 0 fully saturated rings. The lowest BCUT2D eigenvalue weighted by Gasteiger charge is -2.11. The van der Waals surface area contributed by atoms with Gasteiger partial charge in [0.1, 0.15) is 18.2 Å². The van der Waals surface area contributed by atoms with E-state index in [2.05, 4.69) is 20.6 Å². The molecule has 0 saturated carbocycles. The minimum atomic E-state index is -0.386. The molecule has 116 valence electrons. The van der Waals surface area contributed by atoms with Gasteiger partial charge in [-0.3, -0.25) is 4.79 Å². The second-order valence-corrected chi connectivity index (χ2v) is 4.90. The smallest absolute Gasteiger partial charge is 0.266 e. The van der Waals surface area contributed by atoms with Crippen LogP contribution in [0.15, 0.2) is 4.79 Å². The van der Waals surface area contributed by atoms with Crippen molar-refractivity contribution in [2.24, 2.45) is 0 Å². The average molecular weight is 301 g/mol. The zero-order valence-corrected chi connectivity index (χ0v) is 13.1. The SMILES string of the molecule is CCCn1nnnc1Cn1nc(CC)c(CC)c(C#N)c1=O. The van der Waals surface area contributed by atoms with Gasteiger partial charge in [-0.15, -0.1) is 5.10 Å². The van der Waals surface area contributed by atoms with Gasteiger partial charge >= 0.3 is 0 Å². The van der Waals surface area contributed by atoms with Gasteiger partial charge in [0.25, 0.3) is 5.56 Å². The fourth-order valence-electron chi connectivity index (χ4n) is 2.40. The highest BCUT2D eigenvalue weighted by Crippen LogP contribution is 2.10. The summed E-state index contributed by atoms with van der Waals surface area (Å²) < 4.78 is 2.94. The van der Waals surface area contributed by atoms with Crippen LogP contribution in [0.2, 0.25) is 0 Å². The maximum absolute atomic E-state index is 12.4. The second kappa shape index (κ2) is 6.93. The fraction of sp³-hybridized carbons (Fsp3) is 0.571. The molecule has 0 unspecified atom stereocenters. The quantitative estimate of drug-likeness (QED) is 0.777. The Morgan fingerprint density at radius 2 is 1.95 bits per heavy atom. The highest BCUT2D eigenvalue weighted by Gasteiger charge is 2.17. The van der Waals surface area contributed by atoms with Crippen molar-refractivity contribution in [1.29, 1.82) is 5.26 Å². The summed E-state index contributed by atoms with van der Waals surface area (Å²) in [5, 5.41) is 25.2. The monoisotopic (exact) mass is 301 g/mol. The van der Waals surface area contributed by atoms with Crippen molar-refractivity contribution >= 4 is 0 Å².